The van der Waals surface area contributed by atoms with E-state index < -0.39 is 64.7 Å². The van der Waals surface area contributed by atoms with Crippen LogP contribution in [0.3, 0.4) is 0 Å². The highest BCUT2D eigenvalue weighted by Crippen LogP contribution is 2.44. The molecule has 0 spiro atoms. The molecule has 228 valence electrons. The molecule has 1 saturated heterocycles. The average molecular weight is 603 g/mol. The number of thioether (sulfide) groups is 1. The molecule has 4 N–H and O–H groups in total. The lowest BCUT2D eigenvalue weighted by atomic mass is 9.93. The predicted octanol–water partition coefficient (Wildman–Crippen LogP) is 2.25. The molecule has 2 aromatic rings. The maximum Gasteiger partial charge on any atom is 0.238 e. The van der Waals surface area contributed by atoms with Gasteiger partial charge in [0.2, 0.25) is 5.91 Å². The molecule has 2 aliphatic rings. The van der Waals surface area contributed by atoms with Crippen LogP contribution in [0.5, 0.6) is 0 Å². The average Bonchev–Trinajstić information content (AvgIpc) is 3.55. The maximum absolute atomic E-state index is 13.8. The maximum atomic E-state index is 13.8. The molecule has 2 fully saturated rings. The van der Waals surface area contributed by atoms with Crippen molar-refractivity contribution in [1.29, 1.82) is 0 Å². The number of amides is 1. The van der Waals surface area contributed by atoms with E-state index in [1.807, 2.05) is 20.8 Å². The Balaban J connectivity index is 1.64. The topological polar surface area (TPSA) is 141 Å². The Morgan fingerprint density at radius 1 is 1.20 bits per heavy atom. The van der Waals surface area contributed by atoms with Crippen molar-refractivity contribution in [1.82, 2.24) is 19.9 Å². The minimum Gasteiger partial charge on any atom is -0.394 e. The van der Waals surface area contributed by atoms with Gasteiger partial charge in [0.1, 0.15) is 40.7 Å². The summed E-state index contributed by atoms with van der Waals surface area (Å²) in [6, 6.07) is 0.229. The Morgan fingerprint density at radius 2 is 1.80 bits per heavy atom. The van der Waals surface area contributed by atoms with E-state index >= 15 is 0 Å². The Kier molecular flexibility index (Phi) is 9.41. The third-order valence-electron chi connectivity index (χ3n) is 7.48. The highest BCUT2D eigenvalue weighted by Gasteiger charge is 2.52. The SMILES string of the molecule is CN(CC(C)(C)C)C(=O)C(S[C@@H]1O[C@H](CO)[C@H](O)[C@H](n2cc(-c3cc(F)c(F)c(F)c3)nn2)[C@H]1O)C1(O)CCCC1. The fourth-order valence-electron chi connectivity index (χ4n) is 5.54. The minimum absolute atomic E-state index is 0.0597. The van der Waals surface area contributed by atoms with E-state index in [0.717, 1.165) is 41.4 Å². The van der Waals surface area contributed by atoms with Gasteiger partial charge < -0.3 is 30.1 Å². The van der Waals surface area contributed by atoms with Gasteiger partial charge in [0.15, 0.2) is 17.5 Å². The summed E-state index contributed by atoms with van der Waals surface area (Å²) in [4.78, 5) is 15.2. The van der Waals surface area contributed by atoms with Crippen LogP contribution < -0.4 is 0 Å². The minimum atomic E-state index is -1.64. The molecule has 1 aromatic heterocycles. The second-order valence-corrected chi connectivity index (χ2v) is 13.3. The second-order valence-electron chi connectivity index (χ2n) is 12.1. The van der Waals surface area contributed by atoms with Crippen molar-refractivity contribution in [3.8, 4) is 11.3 Å². The summed E-state index contributed by atoms with van der Waals surface area (Å²) in [6.07, 6.45) is -0.761. The largest absolute Gasteiger partial charge is 0.394 e. The molecule has 2 heterocycles. The first-order chi connectivity index (χ1) is 19.1. The monoisotopic (exact) mass is 602 g/mol. The van der Waals surface area contributed by atoms with E-state index in [1.165, 1.54) is 6.20 Å². The van der Waals surface area contributed by atoms with E-state index in [0.29, 0.717) is 19.4 Å². The van der Waals surface area contributed by atoms with Gasteiger partial charge >= 0.3 is 0 Å². The molecule has 6 atom stereocenters. The molecule has 1 aliphatic heterocycles. The number of aliphatic hydroxyl groups is 4. The number of nitrogens with zero attached hydrogens (tertiary/aromatic N) is 4. The Hall–Kier alpha value is -2.23. The number of aliphatic hydroxyl groups excluding tert-OH is 3. The molecule has 10 nitrogen and oxygen atoms in total. The van der Waals surface area contributed by atoms with Crippen LogP contribution in [-0.4, -0.2) is 101 Å². The van der Waals surface area contributed by atoms with Crippen LogP contribution in [0.1, 0.15) is 52.5 Å². The normalized spacial score (nSPS) is 27.1. The molecule has 1 saturated carbocycles. The van der Waals surface area contributed by atoms with Gasteiger partial charge in [-0.2, -0.15) is 0 Å². The van der Waals surface area contributed by atoms with E-state index in [-0.39, 0.29) is 22.6 Å². The summed E-state index contributed by atoms with van der Waals surface area (Å²) in [5.41, 5.74) is -2.93. The zero-order valence-corrected chi connectivity index (χ0v) is 24.2. The van der Waals surface area contributed by atoms with Gasteiger partial charge in [0.05, 0.1) is 18.4 Å². The van der Waals surface area contributed by atoms with Crippen molar-refractivity contribution < 1.29 is 43.1 Å². The molecule has 41 heavy (non-hydrogen) atoms. The fourth-order valence-corrected chi connectivity index (χ4v) is 7.12. The molecule has 1 aliphatic carbocycles. The summed E-state index contributed by atoms with van der Waals surface area (Å²) in [5, 5.41) is 50.6. The molecule has 1 aromatic carbocycles. The first-order valence-corrected chi connectivity index (χ1v) is 14.4. The fraction of sp³-hybridized carbons (Fsp3) is 0.667. The standard InChI is InChI=1S/C27H37F3N4O6S/c1-26(2,3)13-33(4)24(38)23(27(39)7-5-6-8-27)41-25-22(37)20(21(36)18(12-35)40-25)34-11-17(31-32-34)14-9-15(28)19(30)16(29)10-14/h9-11,18,20-23,25,35-37,39H,5-8,12-13H2,1-4H3/t18-,20+,21+,22-,23?,25+/m1/s1. The van der Waals surface area contributed by atoms with Crippen LogP contribution in [0.15, 0.2) is 18.3 Å². The molecular formula is C27H37F3N4O6S. The molecule has 1 unspecified atom stereocenters. The number of benzene rings is 1. The zero-order valence-electron chi connectivity index (χ0n) is 23.4. The van der Waals surface area contributed by atoms with Gasteiger partial charge in [-0.05, 0) is 30.4 Å². The van der Waals surface area contributed by atoms with Crippen LogP contribution in [0.25, 0.3) is 11.3 Å². The smallest absolute Gasteiger partial charge is 0.238 e. The number of rotatable bonds is 8. The highest BCUT2D eigenvalue weighted by molar-refractivity contribution is 8.01. The number of aromatic nitrogens is 3. The van der Waals surface area contributed by atoms with Crippen molar-refractivity contribution in [2.24, 2.45) is 5.41 Å². The summed E-state index contributed by atoms with van der Waals surface area (Å²) in [7, 11) is 1.65. The molecule has 0 bridgehead atoms. The van der Waals surface area contributed by atoms with Crippen LogP contribution in [0.4, 0.5) is 13.2 Å². The van der Waals surface area contributed by atoms with Gasteiger partial charge in [-0.3, -0.25) is 4.79 Å². The van der Waals surface area contributed by atoms with Gasteiger partial charge in [-0.25, -0.2) is 17.9 Å². The Bertz CT molecular complexity index is 1210. The van der Waals surface area contributed by atoms with E-state index in [4.69, 9.17) is 4.74 Å². The van der Waals surface area contributed by atoms with Crippen molar-refractivity contribution in [3.63, 3.8) is 0 Å². The Labute approximate surface area is 240 Å². The van der Waals surface area contributed by atoms with Crippen LogP contribution >= 0.6 is 11.8 Å². The number of carbonyl (C=O) groups excluding carboxylic acids is 1. The second kappa shape index (κ2) is 12.2. The molecule has 4 rings (SSSR count). The Morgan fingerprint density at radius 3 is 2.37 bits per heavy atom. The van der Waals surface area contributed by atoms with Crippen LogP contribution in [0.2, 0.25) is 0 Å². The quantitative estimate of drug-likeness (QED) is 0.335. The molecule has 0 radical (unpaired) electrons. The number of carbonyl (C=O) groups is 1. The first kappa shape index (κ1) is 31.7. The lowest BCUT2D eigenvalue weighted by Crippen LogP contribution is -2.57. The number of hydrogen-bond acceptors (Lipinski definition) is 9. The third kappa shape index (κ3) is 6.73. The number of hydrogen-bond donors (Lipinski definition) is 4. The van der Waals surface area contributed by atoms with E-state index in [2.05, 4.69) is 10.3 Å². The van der Waals surface area contributed by atoms with Crippen molar-refractivity contribution in [2.75, 3.05) is 20.2 Å². The van der Waals surface area contributed by atoms with Gasteiger partial charge in [-0.1, -0.05) is 38.8 Å². The lowest BCUT2D eigenvalue weighted by Gasteiger charge is -2.44. The summed E-state index contributed by atoms with van der Waals surface area (Å²) in [5.74, 6) is -4.82. The van der Waals surface area contributed by atoms with E-state index in [1.54, 1.807) is 11.9 Å². The van der Waals surface area contributed by atoms with Crippen molar-refractivity contribution in [3.05, 3.63) is 35.8 Å². The highest BCUT2D eigenvalue weighted by atomic mass is 32.2. The third-order valence-corrected chi connectivity index (χ3v) is 9.05. The van der Waals surface area contributed by atoms with Gasteiger partial charge in [-0.15, -0.1) is 16.9 Å². The first-order valence-electron chi connectivity index (χ1n) is 13.5. The lowest BCUT2D eigenvalue weighted by molar-refractivity contribution is -0.179. The summed E-state index contributed by atoms with van der Waals surface area (Å²) < 4.78 is 48.0. The number of ether oxygens (including phenoxy) is 1. The van der Waals surface area contributed by atoms with E-state index in [9.17, 15) is 38.4 Å². The summed E-state index contributed by atoms with van der Waals surface area (Å²) in [6.45, 7) is 5.73. The van der Waals surface area contributed by atoms with Crippen LogP contribution in [0, 0.1) is 22.9 Å². The number of halogens is 3. The summed E-state index contributed by atoms with van der Waals surface area (Å²) >= 11 is 0.923. The van der Waals surface area contributed by atoms with Crippen molar-refractivity contribution >= 4 is 17.7 Å². The van der Waals surface area contributed by atoms with Crippen molar-refractivity contribution in [2.45, 2.75) is 87.1 Å². The van der Waals surface area contributed by atoms with Gasteiger partial charge in [0.25, 0.3) is 0 Å². The van der Waals surface area contributed by atoms with Crippen LogP contribution in [-0.2, 0) is 9.53 Å². The van der Waals surface area contributed by atoms with Gasteiger partial charge in [0, 0.05) is 19.2 Å². The molecule has 1 amide bonds. The predicted molar refractivity (Wildman–Crippen MR) is 144 cm³/mol. The molecular weight excluding hydrogens is 565 g/mol. The zero-order chi connectivity index (χ0) is 30.3. The molecule has 14 heteroatoms.